The molecule has 1 rings (SSSR count). The van der Waals surface area contributed by atoms with Gasteiger partial charge in [0.2, 0.25) is 0 Å². The summed E-state index contributed by atoms with van der Waals surface area (Å²) in [5.41, 5.74) is 0. The number of guanidine groups is 1. The number of hydrogen-bond donors (Lipinski definition) is 2. The third kappa shape index (κ3) is 9.42. The fourth-order valence-corrected chi connectivity index (χ4v) is 2.69. The molecule has 1 fully saturated rings. The monoisotopic (exact) mass is 454 g/mol. The van der Waals surface area contributed by atoms with Gasteiger partial charge in [-0.15, -0.1) is 24.0 Å². The van der Waals surface area contributed by atoms with Gasteiger partial charge in [-0.25, -0.2) is 0 Å². The summed E-state index contributed by atoms with van der Waals surface area (Å²) in [5, 5.41) is 6.78. The van der Waals surface area contributed by atoms with E-state index in [-0.39, 0.29) is 24.0 Å². The summed E-state index contributed by atoms with van der Waals surface area (Å²) in [7, 11) is 2.22. The Morgan fingerprint density at radius 2 is 1.88 bits per heavy atom. The maximum atomic E-state index is 5.80. The molecule has 0 spiro atoms. The van der Waals surface area contributed by atoms with E-state index in [2.05, 4.69) is 57.2 Å². The van der Waals surface area contributed by atoms with E-state index >= 15 is 0 Å². The van der Waals surface area contributed by atoms with Crippen LogP contribution in [0.2, 0.25) is 0 Å². The molecule has 1 aliphatic carbocycles. The normalized spacial score (nSPS) is 17.6. The topological polar surface area (TPSA) is 48.9 Å². The van der Waals surface area contributed by atoms with Crippen molar-refractivity contribution in [3.8, 4) is 0 Å². The lowest BCUT2D eigenvalue weighted by Gasteiger charge is -2.24. The summed E-state index contributed by atoms with van der Waals surface area (Å²) in [4.78, 5) is 7.20. The van der Waals surface area contributed by atoms with Crippen molar-refractivity contribution in [3.63, 3.8) is 0 Å². The van der Waals surface area contributed by atoms with Gasteiger partial charge in [-0.05, 0) is 53.0 Å². The fourth-order valence-electron chi connectivity index (χ4n) is 2.69. The van der Waals surface area contributed by atoms with Crippen LogP contribution in [-0.4, -0.2) is 62.3 Å². The van der Waals surface area contributed by atoms with Crippen molar-refractivity contribution >= 4 is 29.9 Å². The van der Waals surface area contributed by atoms with Gasteiger partial charge in [-0.1, -0.05) is 13.8 Å². The van der Waals surface area contributed by atoms with Gasteiger partial charge in [-0.2, -0.15) is 0 Å². The van der Waals surface area contributed by atoms with Gasteiger partial charge in [0.25, 0.3) is 0 Å². The first-order valence-corrected chi connectivity index (χ1v) is 9.35. The van der Waals surface area contributed by atoms with Crippen LogP contribution in [0.1, 0.15) is 53.9 Å². The molecule has 0 aliphatic heterocycles. The molecule has 144 valence electrons. The molecule has 2 N–H and O–H groups in total. The predicted molar refractivity (Wildman–Crippen MR) is 115 cm³/mol. The minimum atomic E-state index is 0. The van der Waals surface area contributed by atoms with E-state index in [1.54, 1.807) is 0 Å². The molecule has 2 atom stereocenters. The first-order chi connectivity index (χ1) is 11.0. The molecular weight excluding hydrogens is 415 g/mol. The van der Waals surface area contributed by atoms with Gasteiger partial charge < -0.3 is 15.4 Å². The van der Waals surface area contributed by atoms with E-state index in [0.29, 0.717) is 18.1 Å². The number of ether oxygens (including phenoxy) is 1. The minimum Gasteiger partial charge on any atom is -0.378 e. The first kappa shape index (κ1) is 23.9. The minimum absolute atomic E-state index is 0. The molecule has 0 amide bonds. The number of nitrogens with one attached hydrogen (secondary N) is 2. The Morgan fingerprint density at radius 1 is 1.21 bits per heavy atom. The Kier molecular flexibility index (Phi) is 13.1. The fraction of sp³-hybridized carbons (Fsp3) is 0.944. The van der Waals surface area contributed by atoms with Crippen LogP contribution in [0.5, 0.6) is 0 Å². The highest BCUT2D eigenvalue weighted by Gasteiger charge is 2.28. The highest BCUT2D eigenvalue weighted by Crippen LogP contribution is 2.26. The Bertz CT molecular complexity index is 348. The lowest BCUT2D eigenvalue weighted by Crippen LogP contribution is -2.41. The zero-order valence-electron chi connectivity index (χ0n) is 16.5. The van der Waals surface area contributed by atoms with E-state index in [1.807, 2.05) is 0 Å². The quantitative estimate of drug-likeness (QED) is 0.286. The summed E-state index contributed by atoms with van der Waals surface area (Å²) in [6, 6.07) is 1.28. The molecule has 6 heteroatoms. The summed E-state index contributed by atoms with van der Waals surface area (Å²) >= 11 is 0. The van der Waals surface area contributed by atoms with Crippen molar-refractivity contribution in [2.45, 2.75) is 72.1 Å². The smallest absolute Gasteiger partial charge is 0.191 e. The molecule has 0 aromatic carbocycles. The van der Waals surface area contributed by atoms with Gasteiger partial charge >= 0.3 is 0 Å². The average molecular weight is 454 g/mol. The summed E-state index contributed by atoms with van der Waals surface area (Å²) in [5.74, 6) is 1.46. The first-order valence-electron chi connectivity index (χ1n) is 9.35. The highest BCUT2D eigenvalue weighted by atomic mass is 127. The summed E-state index contributed by atoms with van der Waals surface area (Å²) in [6.45, 7) is 14.3. The summed E-state index contributed by atoms with van der Waals surface area (Å²) < 4.78 is 5.80. The molecule has 5 nitrogen and oxygen atoms in total. The van der Waals surface area contributed by atoms with E-state index in [9.17, 15) is 0 Å². The van der Waals surface area contributed by atoms with Crippen molar-refractivity contribution < 1.29 is 4.74 Å². The van der Waals surface area contributed by atoms with Crippen LogP contribution >= 0.6 is 24.0 Å². The van der Waals surface area contributed by atoms with Crippen LogP contribution in [0.15, 0.2) is 4.99 Å². The van der Waals surface area contributed by atoms with Crippen LogP contribution in [0.4, 0.5) is 0 Å². The standard InChI is InChI=1S/C18H38N4O.HI/c1-7-19-18(20-12-11-17(14(3)4)23-8-2)21-13-15(5)22(6)16-9-10-16;/h14-17H,7-13H2,1-6H3,(H2,19,20,21);1H. The zero-order valence-corrected chi connectivity index (χ0v) is 18.8. The number of nitrogens with zero attached hydrogens (tertiary/aromatic N) is 2. The molecular formula is C18H39IN4O. The lowest BCUT2D eigenvalue weighted by molar-refractivity contribution is 0.0258. The largest absolute Gasteiger partial charge is 0.378 e. The Labute approximate surface area is 166 Å². The second kappa shape index (κ2) is 13.2. The Balaban J connectivity index is 0.00000529. The third-order valence-corrected chi connectivity index (χ3v) is 4.52. The van der Waals surface area contributed by atoms with Crippen molar-refractivity contribution in [3.05, 3.63) is 0 Å². The SMILES string of the molecule is CCNC(=NCC(C)N(C)C1CC1)NCCC(OCC)C(C)C.I. The van der Waals surface area contributed by atoms with Crippen molar-refractivity contribution in [1.82, 2.24) is 15.5 Å². The molecule has 1 saturated carbocycles. The van der Waals surface area contributed by atoms with Gasteiger partial charge in [0, 0.05) is 31.8 Å². The van der Waals surface area contributed by atoms with E-state index < -0.39 is 0 Å². The van der Waals surface area contributed by atoms with Gasteiger partial charge in [0.1, 0.15) is 0 Å². The molecule has 0 radical (unpaired) electrons. The molecule has 0 aromatic heterocycles. The average Bonchev–Trinajstić information content (AvgIpc) is 3.35. The van der Waals surface area contributed by atoms with Crippen molar-refractivity contribution in [2.75, 3.05) is 33.3 Å². The van der Waals surface area contributed by atoms with E-state index in [0.717, 1.165) is 44.7 Å². The lowest BCUT2D eigenvalue weighted by atomic mass is 10.0. The molecule has 0 heterocycles. The number of aliphatic imine (C=N–C) groups is 1. The number of rotatable bonds is 11. The maximum absolute atomic E-state index is 5.80. The molecule has 0 bridgehead atoms. The van der Waals surface area contributed by atoms with Crippen LogP contribution in [0.25, 0.3) is 0 Å². The molecule has 0 aromatic rings. The number of likely N-dealkylation sites (N-methyl/N-ethyl adjacent to an activating group) is 1. The Hall–Kier alpha value is -0.0800. The molecule has 0 saturated heterocycles. The number of hydrogen-bond acceptors (Lipinski definition) is 3. The molecule has 24 heavy (non-hydrogen) atoms. The zero-order chi connectivity index (χ0) is 17.2. The van der Waals surface area contributed by atoms with Crippen molar-refractivity contribution in [2.24, 2.45) is 10.9 Å². The predicted octanol–water partition coefficient (Wildman–Crippen LogP) is 3.09. The second-order valence-corrected chi connectivity index (χ2v) is 6.92. The third-order valence-electron chi connectivity index (χ3n) is 4.52. The summed E-state index contributed by atoms with van der Waals surface area (Å²) in [6.07, 6.45) is 4.01. The van der Waals surface area contributed by atoms with Crippen LogP contribution in [-0.2, 0) is 4.74 Å². The van der Waals surface area contributed by atoms with Gasteiger partial charge in [0.15, 0.2) is 5.96 Å². The van der Waals surface area contributed by atoms with E-state index in [4.69, 9.17) is 9.73 Å². The Morgan fingerprint density at radius 3 is 2.38 bits per heavy atom. The highest BCUT2D eigenvalue weighted by molar-refractivity contribution is 14.0. The van der Waals surface area contributed by atoms with Crippen LogP contribution < -0.4 is 10.6 Å². The van der Waals surface area contributed by atoms with Crippen LogP contribution in [0.3, 0.4) is 0 Å². The van der Waals surface area contributed by atoms with Gasteiger partial charge in [0.05, 0.1) is 12.6 Å². The van der Waals surface area contributed by atoms with Crippen molar-refractivity contribution in [1.29, 1.82) is 0 Å². The maximum Gasteiger partial charge on any atom is 0.191 e. The number of halogens is 1. The van der Waals surface area contributed by atoms with Crippen LogP contribution in [0, 0.1) is 5.92 Å². The molecule has 1 aliphatic rings. The second-order valence-electron chi connectivity index (χ2n) is 6.92. The van der Waals surface area contributed by atoms with E-state index in [1.165, 1.54) is 12.8 Å². The van der Waals surface area contributed by atoms with Gasteiger partial charge in [-0.3, -0.25) is 9.89 Å². The molecule has 2 unspecified atom stereocenters.